The van der Waals surface area contributed by atoms with Crippen LogP contribution in [0.4, 0.5) is 11.5 Å². The highest BCUT2D eigenvalue weighted by Crippen LogP contribution is 2.19. The molecule has 0 saturated carbocycles. The van der Waals surface area contributed by atoms with Gasteiger partial charge in [0.1, 0.15) is 11.9 Å². The van der Waals surface area contributed by atoms with Gasteiger partial charge in [-0.05, 0) is 18.8 Å². The summed E-state index contributed by atoms with van der Waals surface area (Å²) >= 11 is 0. The molecule has 0 aromatic carbocycles. The zero-order valence-electron chi connectivity index (χ0n) is 9.65. The van der Waals surface area contributed by atoms with Crippen molar-refractivity contribution in [3.05, 3.63) is 17.8 Å². The standard InChI is InChI=1S/C12H16N4O/c13-5-10-7-16-12(14)4-11(10)15-6-9-2-1-3-17-8-9/h4,7,9H,1-3,6,8H2,(H3,14,15,16). The van der Waals surface area contributed by atoms with Gasteiger partial charge in [0.15, 0.2) is 0 Å². The summed E-state index contributed by atoms with van der Waals surface area (Å²) in [6.07, 6.45) is 3.76. The van der Waals surface area contributed by atoms with E-state index in [0.717, 1.165) is 38.3 Å². The molecule has 5 nitrogen and oxygen atoms in total. The summed E-state index contributed by atoms with van der Waals surface area (Å²) in [4.78, 5) is 3.90. The average Bonchev–Trinajstić information content (AvgIpc) is 2.38. The minimum absolute atomic E-state index is 0.423. The fourth-order valence-electron chi connectivity index (χ4n) is 1.93. The van der Waals surface area contributed by atoms with E-state index in [0.29, 0.717) is 17.3 Å². The molecule has 0 aliphatic carbocycles. The van der Waals surface area contributed by atoms with Gasteiger partial charge in [-0.15, -0.1) is 0 Å². The minimum Gasteiger partial charge on any atom is -0.384 e. The van der Waals surface area contributed by atoms with E-state index in [-0.39, 0.29) is 0 Å². The SMILES string of the molecule is N#Cc1cnc(N)cc1NCC1CCCOC1. The maximum Gasteiger partial charge on any atom is 0.125 e. The lowest BCUT2D eigenvalue weighted by Gasteiger charge is -2.22. The second-order valence-electron chi connectivity index (χ2n) is 4.23. The third-order valence-electron chi connectivity index (χ3n) is 2.88. The molecule has 2 heterocycles. The van der Waals surface area contributed by atoms with Gasteiger partial charge in [0.25, 0.3) is 0 Å². The normalized spacial score (nSPS) is 19.6. The van der Waals surface area contributed by atoms with Crippen LogP contribution in [0.3, 0.4) is 0 Å². The summed E-state index contributed by atoms with van der Waals surface area (Å²) in [6.45, 7) is 2.45. The maximum absolute atomic E-state index is 8.95. The van der Waals surface area contributed by atoms with Gasteiger partial charge in [-0.2, -0.15) is 5.26 Å². The quantitative estimate of drug-likeness (QED) is 0.822. The van der Waals surface area contributed by atoms with Crippen molar-refractivity contribution in [1.29, 1.82) is 5.26 Å². The lowest BCUT2D eigenvalue weighted by Crippen LogP contribution is -2.24. The van der Waals surface area contributed by atoms with Crippen LogP contribution >= 0.6 is 0 Å². The average molecular weight is 232 g/mol. The lowest BCUT2D eigenvalue weighted by atomic mass is 10.0. The molecule has 0 amide bonds. The van der Waals surface area contributed by atoms with Crippen LogP contribution in [0.5, 0.6) is 0 Å². The summed E-state index contributed by atoms with van der Waals surface area (Å²) in [7, 11) is 0. The summed E-state index contributed by atoms with van der Waals surface area (Å²) in [6, 6.07) is 3.80. The Hall–Kier alpha value is -1.80. The van der Waals surface area contributed by atoms with Crippen LogP contribution < -0.4 is 11.1 Å². The fraction of sp³-hybridized carbons (Fsp3) is 0.500. The van der Waals surface area contributed by atoms with Gasteiger partial charge in [-0.3, -0.25) is 0 Å². The topological polar surface area (TPSA) is 84.0 Å². The molecule has 0 radical (unpaired) electrons. The summed E-state index contributed by atoms with van der Waals surface area (Å²) in [5.41, 5.74) is 6.88. The van der Waals surface area contributed by atoms with Crippen molar-refractivity contribution in [2.75, 3.05) is 30.8 Å². The Morgan fingerprint density at radius 1 is 1.65 bits per heavy atom. The number of aromatic nitrogens is 1. The lowest BCUT2D eigenvalue weighted by molar-refractivity contribution is 0.0595. The molecule has 1 aromatic heterocycles. The highest BCUT2D eigenvalue weighted by Gasteiger charge is 2.14. The van der Waals surface area contributed by atoms with Crippen LogP contribution in [0.2, 0.25) is 0 Å². The van der Waals surface area contributed by atoms with Crippen molar-refractivity contribution >= 4 is 11.5 Å². The van der Waals surface area contributed by atoms with E-state index in [9.17, 15) is 0 Å². The molecule has 5 heteroatoms. The maximum atomic E-state index is 8.95. The summed E-state index contributed by atoms with van der Waals surface area (Å²) in [5, 5.41) is 12.2. The smallest absolute Gasteiger partial charge is 0.125 e. The number of pyridine rings is 1. The molecule has 0 spiro atoms. The summed E-state index contributed by atoms with van der Waals surface area (Å²) < 4.78 is 5.41. The fourth-order valence-corrected chi connectivity index (χ4v) is 1.93. The van der Waals surface area contributed by atoms with Crippen molar-refractivity contribution in [2.45, 2.75) is 12.8 Å². The van der Waals surface area contributed by atoms with Crippen LogP contribution in [-0.2, 0) is 4.74 Å². The van der Waals surface area contributed by atoms with E-state index in [1.807, 2.05) is 0 Å². The Bertz CT molecular complexity index is 421. The molecule has 1 unspecified atom stereocenters. The zero-order valence-corrected chi connectivity index (χ0v) is 9.65. The third-order valence-corrected chi connectivity index (χ3v) is 2.88. The zero-order chi connectivity index (χ0) is 12.1. The molecular formula is C12H16N4O. The van der Waals surface area contributed by atoms with Gasteiger partial charge < -0.3 is 15.8 Å². The van der Waals surface area contributed by atoms with Crippen LogP contribution in [0.1, 0.15) is 18.4 Å². The molecule has 3 N–H and O–H groups in total. The number of nitrogens with two attached hydrogens (primary N) is 1. The first-order valence-electron chi connectivity index (χ1n) is 5.77. The molecule has 1 aliphatic rings. The molecule has 1 aliphatic heterocycles. The number of anilines is 2. The Morgan fingerprint density at radius 3 is 3.24 bits per heavy atom. The number of nitriles is 1. The molecule has 0 bridgehead atoms. The van der Waals surface area contributed by atoms with Crippen LogP contribution in [0.25, 0.3) is 0 Å². The number of nitrogens with zero attached hydrogens (tertiary/aromatic N) is 2. The minimum atomic E-state index is 0.423. The highest BCUT2D eigenvalue weighted by atomic mass is 16.5. The molecule has 1 aromatic rings. The van der Waals surface area contributed by atoms with E-state index >= 15 is 0 Å². The van der Waals surface area contributed by atoms with Gasteiger partial charge in [-0.25, -0.2) is 4.98 Å². The van der Waals surface area contributed by atoms with E-state index in [1.54, 1.807) is 6.07 Å². The van der Waals surface area contributed by atoms with E-state index in [2.05, 4.69) is 16.4 Å². The molecule has 2 rings (SSSR count). The van der Waals surface area contributed by atoms with E-state index in [1.165, 1.54) is 6.20 Å². The Kier molecular flexibility index (Phi) is 3.78. The summed E-state index contributed by atoms with van der Waals surface area (Å²) in [5.74, 6) is 0.927. The first-order valence-corrected chi connectivity index (χ1v) is 5.77. The van der Waals surface area contributed by atoms with Crippen LogP contribution in [0.15, 0.2) is 12.3 Å². The molecule has 90 valence electrons. The van der Waals surface area contributed by atoms with Gasteiger partial charge in [0.2, 0.25) is 0 Å². The predicted octanol–water partition coefficient (Wildman–Crippen LogP) is 1.37. The number of rotatable bonds is 3. The van der Waals surface area contributed by atoms with Crippen molar-refractivity contribution in [3.63, 3.8) is 0 Å². The monoisotopic (exact) mass is 232 g/mol. The number of nitrogens with one attached hydrogen (secondary N) is 1. The third kappa shape index (κ3) is 3.08. The molecule has 1 saturated heterocycles. The first-order chi connectivity index (χ1) is 8.29. The van der Waals surface area contributed by atoms with Crippen molar-refractivity contribution in [1.82, 2.24) is 4.98 Å². The van der Waals surface area contributed by atoms with Gasteiger partial charge in [0, 0.05) is 25.4 Å². The molecule has 1 atom stereocenters. The number of hydrogen-bond acceptors (Lipinski definition) is 5. The van der Waals surface area contributed by atoms with Gasteiger partial charge in [0.05, 0.1) is 17.9 Å². The Morgan fingerprint density at radius 2 is 2.53 bits per heavy atom. The number of ether oxygens (including phenoxy) is 1. The predicted molar refractivity (Wildman–Crippen MR) is 65.4 cm³/mol. The largest absolute Gasteiger partial charge is 0.384 e. The Labute approximate surface area is 101 Å². The number of nitrogen functional groups attached to an aromatic ring is 1. The second-order valence-corrected chi connectivity index (χ2v) is 4.23. The Balaban J connectivity index is 1.98. The van der Waals surface area contributed by atoms with Crippen molar-refractivity contribution in [3.8, 4) is 6.07 Å². The van der Waals surface area contributed by atoms with Gasteiger partial charge in [-0.1, -0.05) is 0 Å². The van der Waals surface area contributed by atoms with Crippen LogP contribution in [0, 0.1) is 17.2 Å². The van der Waals surface area contributed by atoms with E-state index in [4.69, 9.17) is 15.7 Å². The molecule has 17 heavy (non-hydrogen) atoms. The first kappa shape index (κ1) is 11.7. The number of hydrogen-bond donors (Lipinski definition) is 2. The van der Waals surface area contributed by atoms with E-state index < -0.39 is 0 Å². The second kappa shape index (κ2) is 5.51. The van der Waals surface area contributed by atoms with Crippen molar-refractivity contribution in [2.24, 2.45) is 5.92 Å². The van der Waals surface area contributed by atoms with Gasteiger partial charge >= 0.3 is 0 Å². The van der Waals surface area contributed by atoms with Crippen LogP contribution in [-0.4, -0.2) is 24.7 Å². The highest BCUT2D eigenvalue weighted by molar-refractivity contribution is 5.60. The molecule has 1 fully saturated rings. The van der Waals surface area contributed by atoms with Crippen molar-refractivity contribution < 1.29 is 4.74 Å². The molecular weight excluding hydrogens is 216 g/mol.